The number of nitrogens with one attached hydrogen (secondary N) is 2. The van der Waals surface area contributed by atoms with Crippen molar-refractivity contribution in [1.82, 2.24) is 10.3 Å². The summed E-state index contributed by atoms with van der Waals surface area (Å²) in [7, 11) is 1.57. The Morgan fingerprint density at radius 3 is 2.83 bits per heavy atom. The molecule has 1 aromatic heterocycles. The molecule has 0 radical (unpaired) electrons. The van der Waals surface area contributed by atoms with Gasteiger partial charge in [0.25, 0.3) is 5.91 Å². The van der Waals surface area contributed by atoms with Gasteiger partial charge in [-0.05, 0) is 12.5 Å². The van der Waals surface area contributed by atoms with Crippen LogP contribution in [-0.2, 0) is 0 Å². The van der Waals surface area contributed by atoms with E-state index in [4.69, 9.17) is 0 Å². The van der Waals surface area contributed by atoms with Gasteiger partial charge in [-0.25, -0.2) is 9.37 Å². The van der Waals surface area contributed by atoms with Crippen LogP contribution in [-0.4, -0.2) is 24.5 Å². The van der Waals surface area contributed by atoms with Gasteiger partial charge in [-0.2, -0.15) is 0 Å². The molecule has 1 heterocycles. The van der Waals surface area contributed by atoms with Crippen LogP contribution in [0.25, 0.3) is 0 Å². The smallest absolute Gasteiger partial charge is 0.254 e. The van der Waals surface area contributed by atoms with Crippen molar-refractivity contribution in [2.75, 3.05) is 18.9 Å². The van der Waals surface area contributed by atoms with Crippen LogP contribution in [0.1, 0.15) is 43.0 Å². The Morgan fingerprint density at radius 2 is 2.17 bits per heavy atom. The van der Waals surface area contributed by atoms with Crippen molar-refractivity contribution in [3.8, 4) is 0 Å². The summed E-state index contributed by atoms with van der Waals surface area (Å²) < 4.78 is 13.8. The number of aromatic nitrogens is 1. The molecule has 1 rings (SSSR count). The Bertz CT molecular complexity index is 396. The number of hydrogen-bond acceptors (Lipinski definition) is 3. The lowest BCUT2D eigenvalue weighted by molar-refractivity contribution is 0.0949. The molecule has 0 aromatic carbocycles. The Hall–Kier alpha value is -1.65. The van der Waals surface area contributed by atoms with E-state index in [0.29, 0.717) is 6.54 Å². The van der Waals surface area contributed by atoms with E-state index >= 15 is 0 Å². The van der Waals surface area contributed by atoms with Crippen LogP contribution in [0, 0.1) is 5.82 Å². The molecule has 0 fully saturated rings. The predicted molar refractivity (Wildman–Crippen MR) is 70.2 cm³/mol. The number of carbonyl (C=O) groups is 1. The van der Waals surface area contributed by atoms with Gasteiger partial charge in [-0.3, -0.25) is 4.79 Å². The van der Waals surface area contributed by atoms with Crippen LogP contribution in [0.15, 0.2) is 12.3 Å². The Morgan fingerprint density at radius 1 is 1.39 bits per heavy atom. The largest absolute Gasteiger partial charge is 0.371 e. The number of hydrogen-bond donors (Lipinski definition) is 2. The molecule has 0 atom stereocenters. The van der Waals surface area contributed by atoms with Crippen molar-refractivity contribution >= 4 is 11.7 Å². The molecule has 0 aliphatic heterocycles. The second-order valence-corrected chi connectivity index (χ2v) is 4.09. The number of anilines is 1. The zero-order valence-electron chi connectivity index (χ0n) is 10.9. The Balaban J connectivity index is 2.51. The maximum Gasteiger partial charge on any atom is 0.254 e. The zero-order chi connectivity index (χ0) is 13.4. The molecule has 1 aromatic rings. The topological polar surface area (TPSA) is 54.0 Å². The summed E-state index contributed by atoms with van der Waals surface area (Å²) in [4.78, 5) is 15.6. The van der Waals surface area contributed by atoms with E-state index in [1.807, 2.05) is 0 Å². The highest BCUT2D eigenvalue weighted by Crippen LogP contribution is 2.14. The second-order valence-electron chi connectivity index (χ2n) is 4.09. The SMILES string of the molecule is CCCCCCNC(=O)c1ccnc(NC)c1F. The summed E-state index contributed by atoms with van der Waals surface area (Å²) in [6.07, 6.45) is 5.73. The van der Waals surface area contributed by atoms with Crippen LogP contribution in [0.5, 0.6) is 0 Å². The summed E-state index contributed by atoms with van der Waals surface area (Å²) in [5, 5.41) is 5.32. The Kier molecular flexibility index (Phi) is 6.11. The zero-order valence-corrected chi connectivity index (χ0v) is 10.9. The summed E-state index contributed by atoms with van der Waals surface area (Å²) in [5.41, 5.74) is 0.0323. The van der Waals surface area contributed by atoms with E-state index < -0.39 is 5.82 Å². The minimum absolute atomic E-state index is 0.0323. The monoisotopic (exact) mass is 253 g/mol. The third-order valence-corrected chi connectivity index (χ3v) is 2.69. The fraction of sp³-hybridized carbons (Fsp3) is 0.538. The average Bonchev–Trinajstić information content (AvgIpc) is 2.38. The van der Waals surface area contributed by atoms with E-state index in [-0.39, 0.29) is 17.3 Å². The first-order valence-corrected chi connectivity index (χ1v) is 6.31. The molecule has 0 aliphatic carbocycles. The number of carbonyl (C=O) groups excluding carboxylic acids is 1. The summed E-state index contributed by atoms with van der Waals surface area (Å²) >= 11 is 0. The number of pyridine rings is 1. The van der Waals surface area contributed by atoms with Crippen molar-refractivity contribution in [3.05, 3.63) is 23.6 Å². The van der Waals surface area contributed by atoms with E-state index in [2.05, 4.69) is 22.5 Å². The van der Waals surface area contributed by atoms with Gasteiger partial charge in [0.1, 0.15) is 0 Å². The first-order chi connectivity index (χ1) is 8.70. The lowest BCUT2D eigenvalue weighted by Crippen LogP contribution is -2.25. The van der Waals surface area contributed by atoms with Crippen molar-refractivity contribution in [1.29, 1.82) is 0 Å². The van der Waals surface area contributed by atoms with Gasteiger partial charge in [-0.15, -0.1) is 0 Å². The number of halogens is 1. The standard InChI is InChI=1S/C13H20FN3O/c1-3-4-5-6-8-17-13(18)10-7-9-16-12(15-2)11(10)14/h7,9H,3-6,8H2,1-2H3,(H,15,16)(H,17,18). The average molecular weight is 253 g/mol. The first kappa shape index (κ1) is 14.4. The van der Waals surface area contributed by atoms with Crippen molar-refractivity contribution in [3.63, 3.8) is 0 Å². The first-order valence-electron chi connectivity index (χ1n) is 6.31. The van der Waals surface area contributed by atoms with Crippen LogP contribution in [0.4, 0.5) is 10.2 Å². The molecule has 0 bridgehead atoms. The number of nitrogens with zero attached hydrogens (tertiary/aromatic N) is 1. The molecule has 18 heavy (non-hydrogen) atoms. The molecule has 5 heteroatoms. The molecule has 100 valence electrons. The van der Waals surface area contributed by atoms with Crippen molar-refractivity contribution in [2.45, 2.75) is 32.6 Å². The van der Waals surface area contributed by atoms with Gasteiger partial charge in [0.2, 0.25) is 0 Å². The van der Waals surface area contributed by atoms with Crippen LogP contribution >= 0.6 is 0 Å². The Labute approximate surface area is 107 Å². The number of rotatable bonds is 7. The highest BCUT2D eigenvalue weighted by atomic mass is 19.1. The van der Waals surface area contributed by atoms with E-state index in [9.17, 15) is 9.18 Å². The van der Waals surface area contributed by atoms with Crippen LogP contribution < -0.4 is 10.6 Å². The van der Waals surface area contributed by atoms with Crippen molar-refractivity contribution < 1.29 is 9.18 Å². The van der Waals surface area contributed by atoms with Gasteiger partial charge < -0.3 is 10.6 Å². The predicted octanol–water partition coefficient (Wildman–Crippen LogP) is 2.57. The summed E-state index contributed by atoms with van der Waals surface area (Å²) in [6.45, 7) is 2.71. The molecule has 0 spiro atoms. The van der Waals surface area contributed by atoms with Gasteiger partial charge in [-0.1, -0.05) is 26.2 Å². The molecule has 2 N–H and O–H groups in total. The van der Waals surface area contributed by atoms with Crippen LogP contribution in [0.3, 0.4) is 0 Å². The van der Waals surface area contributed by atoms with E-state index in [1.165, 1.54) is 12.3 Å². The number of amides is 1. The summed E-state index contributed by atoms with van der Waals surface area (Å²) in [5.74, 6) is -0.900. The highest BCUT2D eigenvalue weighted by molar-refractivity contribution is 5.95. The maximum atomic E-state index is 13.8. The lowest BCUT2D eigenvalue weighted by atomic mass is 10.2. The van der Waals surface area contributed by atoms with E-state index in [1.54, 1.807) is 7.05 Å². The van der Waals surface area contributed by atoms with Gasteiger partial charge >= 0.3 is 0 Å². The minimum Gasteiger partial charge on any atom is -0.371 e. The fourth-order valence-electron chi connectivity index (χ4n) is 1.64. The van der Waals surface area contributed by atoms with Gasteiger partial charge in [0.15, 0.2) is 11.6 Å². The fourth-order valence-corrected chi connectivity index (χ4v) is 1.64. The highest BCUT2D eigenvalue weighted by Gasteiger charge is 2.14. The molecule has 4 nitrogen and oxygen atoms in total. The molecule has 1 amide bonds. The molecule has 0 saturated carbocycles. The van der Waals surface area contributed by atoms with E-state index in [0.717, 1.165) is 25.7 Å². The van der Waals surface area contributed by atoms with Crippen LogP contribution in [0.2, 0.25) is 0 Å². The molecule has 0 unspecified atom stereocenters. The molecule has 0 saturated heterocycles. The molecular formula is C13H20FN3O. The molecule has 0 aliphatic rings. The summed E-state index contributed by atoms with van der Waals surface area (Å²) in [6, 6.07) is 1.39. The quantitative estimate of drug-likeness (QED) is 0.734. The van der Waals surface area contributed by atoms with Gasteiger partial charge in [0.05, 0.1) is 5.56 Å². The minimum atomic E-state index is -0.606. The molecular weight excluding hydrogens is 233 g/mol. The lowest BCUT2D eigenvalue weighted by Gasteiger charge is -2.08. The third-order valence-electron chi connectivity index (χ3n) is 2.69. The third kappa shape index (κ3) is 3.98. The maximum absolute atomic E-state index is 13.8. The normalized spacial score (nSPS) is 10.2. The second kappa shape index (κ2) is 7.63. The van der Waals surface area contributed by atoms with Gasteiger partial charge in [0, 0.05) is 19.8 Å². The van der Waals surface area contributed by atoms with Crippen molar-refractivity contribution in [2.24, 2.45) is 0 Å². The number of unbranched alkanes of at least 4 members (excludes halogenated alkanes) is 3.